The first-order chi connectivity index (χ1) is 8.15. The Kier molecular flexibility index (Phi) is 7.08. The second-order valence-electron chi connectivity index (χ2n) is 5.14. The minimum Gasteiger partial charge on any atom is -0.349 e. The molecule has 17 heavy (non-hydrogen) atoms. The number of alkyl halides is 2. The van der Waals surface area contributed by atoms with Crippen molar-refractivity contribution in [1.82, 2.24) is 5.32 Å². The molecule has 0 unspecified atom stereocenters. The number of carbonyl (C=O) groups is 1. The summed E-state index contributed by atoms with van der Waals surface area (Å²) in [6.45, 7) is 2.11. The van der Waals surface area contributed by atoms with Gasteiger partial charge in [0, 0.05) is 17.1 Å². The van der Waals surface area contributed by atoms with Gasteiger partial charge in [-0.25, -0.2) is 0 Å². The van der Waals surface area contributed by atoms with E-state index in [1.165, 1.54) is 25.7 Å². The largest absolute Gasteiger partial charge is 0.349 e. The lowest BCUT2D eigenvalue weighted by atomic mass is 9.99. The number of carbonyl (C=O) groups excluding carboxylic acids is 1. The van der Waals surface area contributed by atoms with Crippen molar-refractivity contribution in [2.45, 2.75) is 57.4 Å². The number of hydrogen-bond donors (Lipinski definition) is 1. The van der Waals surface area contributed by atoms with Crippen LogP contribution in [0.25, 0.3) is 0 Å². The first-order valence-corrected chi connectivity index (χ1v) is 8.83. The lowest BCUT2D eigenvalue weighted by Gasteiger charge is -2.30. The van der Waals surface area contributed by atoms with Crippen LogP contribution in [0.1, 0.15) is 51.9 Å². The molecule has 1 rings (SSSR count). The molecule has 1 aliphatic carbocycles. The maximum Gasteiger partial charge on any atom is 0.220 e. The van der Waals surface area contributed by atoms with Crippen LogP contribution in [0.4, 0.5) is 0 Å². The van der Waals surface area contributed by atoms with Crippen LogP contribution >= 0.6 is 31.9 Å². The van der Waals surface area contributed by atoms with Crippen molar-refractivity contribution in [2.75, 3.05) is 10.7 Å². The third-order valence-corrected chi connectivity index (χ3v) is 5.99. The summed E-state index contributed by atoms with van der Waals surface area (Å²) in [4.78, 5) is 11.9. The zero-order valence-corrected chi connectivity index (χ0v) is 13.8. The number of hydrogen-bond acceptors (Lipinski definition) is 1. The number of halogens is 2. The van der Waals surface area contributed by atoms with Crippen molar-refractivity contribution in [2.24, 2.45) is 5.92 Å². The predicted molar refractivity (Wildman–Crippen MR) is 79.9 cm³/mol. The van der Waals surface area contributed by atoms with Gasteiger partial charge in [0.25, 0.3) is 0 Å². The highest BCUT2D eigenvalue weighted by atomic mass is 79.9. The smallest absolute Gasteiger partial charge is 0.220 e. The Hall–Kier alpha value is 0.430. The van der Waals surface area contributed by atoms with E-state index in [2.05, 4.69) is 44.1 Å². The SMILES string of the molecule is CCC(CBr)(CBr)NC(=O)CCC1CCCC1. The standard InChI is InChI=1S/C13H23Br2NO/c1-2-13(9-14,10-15)16-12(17)8-7-11-5-3-4-6-11/h11H,2-10H2,1H3,(H,16,17). The lowest BCUT2D eigenvalue weighted by Crippen LogP contribution is -2.51. The second-order valence-corrected chi connectivity index (χ2v) is 6.26. The molecule has 1 aliphatic rings. The maximum atomic E-state index is 11.9. The summed E-state index contributed by atoms with van der Waals surface area (Å²) in [5, 5.41) is 4.78. The molecule has 0 saturated heterocycles. The molecule has 0 aromatic carbocycles. The lowest BCUT2D eigenvalue weighted by molar-refractivity contribution is -0.122. The van der Waals surface area contributed by atoms with E-state index < -0.39 is 0 Å². The van der Waals surface area contributed by atoms with Crippen molar-refractivity contribution >= 4 is 37.8 Å². The molecular formula is C13H23Br2NO. The molecular weight excluding hydrogens is 346 g/mol. The van der Waals surface area contributed by atoms with Gasteiger partial charge in [-0.05, 0) is 18.8 Å². The molecule has 4 heteroatoms. The summed E-state index contributed by atoms with van der Waals surface area (Å²) in [5.74, 6) is 1.00. The molecule has 2 nitrogen and oxygen atoms in total. The number of amides is 1. The van der Waals surface area contributed by atoms with Gasteiger partial charge >= 0.3 is 0 Å². The fourth-order valence-corrected chi connectivity index (χ4v) is 4.37. The van der Waals surface area contributed by atoms with Gasteiger partial charge in [0.1, 0.15) is 0 Å². The summed E-state index contributed by atoms with van der Waals surface area (Å²) in [7, 11) is 0. The predicted octanol–water partition coefficient (Wildman–Crippen LogP) is 4.01. The summed E-state index contributed by atoms with van der Waals surface area (Å²) in [5.41, 5.74) is -0.118. The molecule has 1 saturated carbocycles. The van der Waals surface area contributed by atoms with Crippen LogP contribution in [0.15, 0.2) is 0 Å². The number of rotatable bonds is 7. The van der Waals surface area contributed by atoms with E-state index >= 15 is 0 Å². The molecule has 1 amide bonds. The summed E-state index contributed by atoms with van der Waals surface area (Å²) in [6, 6.07) is 0. The first-order valence-electron chi connectivity index (χ1n) is 6.58. The van der Waals surface area contributed by atoms with Gasteiger partial charge in [-0.2, -0.15) is 0 Å². The second kappa shape index (κ2) is 7.78. The van der Waals surface area contributed by atoms with Crippen LogP contribution < -0.4 is 5.32 Å². The Labute approximate surface area is 122 Å². The molecule has 0 bridgehead atoms. The minimum atomic E-state index is -0.118. The fraction of sp³-hybridized carbons (Fsp3) is 0.923. The molecule has 0 aliphatic heterocycles. The van der Waals surface area contributed by atoms with E-state index in [9.17, 15) is 4.79 Å². The molecule has 1 fully saturated rings. The average Bonchev–Trinajstić information content (AvgIpc) is 2.87. The van der Waals surface area contributed by atoms with Crippen molar-refractivity contribution in [3.63, 3.8) is 0 Å². The minimum absolute atomic E-state index is 0.118. The molecule has 0 heterocycles. The molecule has 100 valence electrons. The third-order valence-electron chi connectivity index (χ3n) is 3.85. The Bertz CT molecular complexity index is 227. The van der Waals surface area contributed by atoms with Gasteiger partial charge < -0.3 is 5.32 Å². The Balaban J connectivity index is 2.31. The molecule has 0 aromatic rings. The summed E-state index contributed by atoms with van der Waals surface area (Å²) < 4.78 is 0. The normalized spacial score (nSPS) is 17.4. The van der Waals surface area contributed by atoms with Crippen molar-refractivity contribution in [1.29, 1.82) is 0 Å². The number of nitrogens with one attached hydrogen (secondary N) is 1. The van der Waals surface area contributed by atoms with Gasteiger partial charge in [-0.3, -0.25) is 4.79 Å². The highest BCUT2D eigenvalue weighted by Gasteiger charge is 2.27. The van der Waals surface area contributed by atoms with Crippen molar-refractivity contribution in [3.8, 4) is 0 Å². The van der Waals surface area contributed by atoms with E-state index in [0.29, 0.717) is 6.42 Å². The van der Waals surface area contributed by atoms with Gasteiger partial charge in [0.2, 0.25) is 5.91 Å². The molecule has 0 atom stereocenters. The van der Waals surface area contributed by atoms with E-state index in [-0.39, 0.29) is 11.4 Å². The van der Waals surface area contributed by atoms with Gasteiger partial charge in [-0.15, -0.1) is 0 Å². The topological polar surface area (TPSA) is 29.1 Å². The highest BCUT2D eigenvalue weighted by Crippen LogP contribution is 2.28. The van der Waals surface area contributed by atoms with E-state index in [1.54, 1.807) is 0 Å². The van der Waals surface area contributed by atoms with E-state index in [1.807, 2.05) is 0 Å². The zero-order chi connectivity index (χ0) is 12.7. The molecule has 0 radical (unpaired) electrons. The van der Waals surface area contributed by atoms with Crippen LogP contribution in [0.2, 0.25) is 0 Å². The van der Waals surface area contributed by atoms with Crippen LogP contribution in [0.5, 0.6) is 0 Å². The van der Waals surface area contributed by atoms with Crippen LogP contribution in [-0.2, 0) is 4.79 Å². The quantitative estimate of drug-likeness (QED) is 0.675. The molecule has 0 spiro atoms. The monoisotopic (exact) mass is 367 g/mol. The fourth-order valence-electron chi connectivity index (χ4n) is 2.37. The van der Waals surface area contributed by atoms with Crippen molar-refractivity contribution in [3.05, 3.63) is 0 Å². The molecule has 1 N–H and O–H groups in total. The average molecular weight is 369 g/mol. The molecule has 0 aromatic heterocycles. The first kappa shape index (κ1) is 15.5. The maximum absolute atomic E-state index is 11.9. The van der Waals surface area contributed by atoms with Crippen molar-refractivity contribution < 1.29 is 4.79 Å². The van der Waals surface area contributed by atoms with E-state index in [4.69, 9.17) is 0 Å². The van der Waals surface area contributed by atoms with Crippen LogP contribution in [0, 0.1) is 5.92 Å². The van der Waals surface area contributed by atoms with Gasteiger partial charge in [-0.1, -0.05) is 64.5 Å². The highest BCUT2D eigenvalue weighted by molar-refractivity contribution is 9.09. The van der Waals surface area contributed by atoms with Crippen LogP contribution in [-0.4, -0.2) is 22.1 Å². The Morgan fingerprint density at radius 1 is 1.29 bits per heavy atom. The third kappa shape index (κ3) is 4.90. The summed E-state index contributed by atoms with van der Waals surface area (Å²) in [6.07, 6.45) is 8.05. The van der Waals surface area contributed by atoms with Gasteiger partial charge in [0.05, 0.1) is 5.54 Å². The Morgan fingerprint density at radius 3 is 2.35 bits per heavy atom. The zero-order valence-electron chi connectivity index (χ0n) is 10.6. The summed E-state index contributed by atoms with van der Waals surface area (Å²) >= 11 is 6.99. The van der Waals surface area contributed by atoms with E-state index in [0.717, 1.165) is 29.4 Å². The van der Waals surface area contributed by atoms with Crippen LogP contribution in [0.3, 0.4) is 0 Å². The Morgan fingerprint density at radius 2 is 1.88 bits per heavy atom. The van der Waals surface area contributed by atoms with Gasteiger partial charge in [0.15, 0.2) is 0 Å².